The summed E-state index contributed by atoms with van der Waals surface area (Å²) in [7, 11) is 1.66. The van der Waals surface area contributed by atoms with E-state index in [1.54, 1.807) is 7.05 Å². The van der Waals surface area contributed by atoms with Gasteiger partial charge in [0.25, 0.3) is 5.91 Å². The molecule has 1 aromatic carbocycles. The second-order valence-corrected chi connectivity index (χ2v) is 7.97. The van der Waals surface area contributed by atoms with E-state index < -0.39 is 0 Å². The van der Waals surface area contributed by atoms with E-state index in [4.69, 9.17) is 5.10 Å². The normalized spacial score (nSPS) is 28.9. The molecule has 2 N–H and O–H groups in total. The lowest BCUT2D eigenvalue weighted by Gasteiger charge is -2.46. The van der Waals surface area contributed by atoms with Gasteiger partial charge in [-0.2, -0.15) is 5.10 Å². The number of benzene rings is 1. The molecule has 1 spiro atoms. The van der Waals surface area contributed by atoms with Crippen molar-refractivity contribution in [3.05, 3.63) is 35.9 Å². The summed E-state index contributed by atoms with van der Waals surface area (Å²) in [4.78, 5) is 24.9. The van der Waals surface area contributed by atoms with Crippen molar-refractivity contribution in [1.29, 1.82) is 0 Å². The molecular weight excluding hydrogens is 340 g/mol. The molecule has 0 bridgehead atoms. The van der Waals surface area contributed by atoms with Gasteiger partial charge in [-0.1, -0.05) is 36.8 Å². The Balaban J connectivity index is 1.46. The molecule has 0 unspecified atom stereocenters. The van der Waals surface area contributed by atoms with E-state index in [0.717, 1.165) is 44.1 Å². The number of carbonyl (C=O) groups excluding carboxylic acids is 2. The van der Waals surface area contributed by atoms with E-state index in [-0.39, 0.29) is 29.3 Å². The van der Waals surface area contributed by atoms with Gasteiger partial charge in [-0.15, -0.1) is 0 Å². The molecule has 0 aromatic heterocycles. The van der Waals surface area contributed by atoms with Gasteiger partial charge in [-0.25, -0.2) is 0 Å². The van der Waals surface area contributed by atoms with Gasteiger partial charge in [0.15, 0.2) is 0 Å². The highest BCUT2D eigenvalue weighted by atomic mass is 16.2. The first-order valence-corrected chi connectivity index (χ1v) is 10.0. The predicted octanol–water partition coefficient (Wildman–Crippen LogP) is 2.20. The number of carbonyl (C=O) groups is 2. The van der Waals surface area contributed by atoms with Crippen LogP contribution in [0.4, 0.5) is 0 Å². The number of hydrogen-bond acceptors (Lipinski definition) is 4. The summed E-state index contributed by atoms with van der Waals surface area (Å²) in [6.45, 7) is 0.549. The Bertz CT molecular complexity index is 748. The fourth-order valence-electron chi connectivity index (χ4n) is 5.23. The Hall–Kier alpha value is -2.37. The highest BCUT2D eigenvalue weighted by molar-refractivity contribution is 6.40. The molecule has 1 saturated carbocycles. The monoisotopic (exact) mass is 368 g/mol. The minimum Gasteiger partial charge on any atom is -0.354 e. The molecular formula is C21H28N4O2. The Labute approximate surface area is 160 Å². The Morgan fingerprint density at radius 1 is 1.19 bits per heavy atom. The fourth-order valence-corrected chi connectivity index (χ4v) is 5.23. The summed E-state index contributed by atoms with van der Waals surface area (Å²) in [6.07, 6.45) is 6.79. The van der Waals surface area contributed by atoms with Crippen molar-refractivity contribution in [1.82, 2.24) is 15.6 Å². The van der Waals surface area contributed by atoms with Crippen LogP contribution in [-0.4, -0.2) is 41.2 Å². The molecule has 6 nitrogen and oxygen atoms in total. The molecule has 4 rings (SSSR count). The van der Waals surface area contributed by atoms with Gasteiger partial charge in [0.05, 0.1) is 11.6 Å². The topological polar surface area (TPSA) is 73.8 Å². The van der Waals surface area contributed by atoms with Crippen LogP contribution in [0.15, 0.2) is 35.4 Å². The lowest BCUT2D eigenvalue weighted by molar-refractivity contribution is -0.124. The molecule has 144 valence electrons. The number of hydrogen-bond donors (Lipinski definition) is 2. The molecule has 3 atom stereocenters. The highest BCUT2D eigenvalue weighted by Gasteiger charge is 2.57. The molecule has 1 aliphatic carbocycles. The van der Waals surface area contributed by atoms with E-state index in [9.17, 15) is 9.59 Å². The molecule has 1 saturated heterocycles. The lowest BCUT2D eigenvalue weighted by atomic mass is 9.76. The van der Waals surface area contributed by atoms with E-state index in [2.05, 4.69) is 15.6 Å². The SMILES string of the molecule is CNC(=O)C1=NN2[C@@H](CC(=O)NCc3ccccc3)CCC[C@]23CCC[C@H]13. The standard InChI is InChI=1S/C21H28N4O2/c1-22-20(27)19-17-10-6-12-21(17)11-5-9-16(25(21)24-19)13-18(26)23-14-15-7-3-2-4-8-15/h2-4,7-8,16-17H,5-6,9-14H2,1H3,(H,22,27)(H,23,26)/t16-,17-,21-/m1/s1. The van der Waals surface area contributed by atoms with Gasteiger partial charge in [-0.3, -0.25) is 14.6 Å². The van der Waals surface area contributed by atoms with Gasteiger partial charge < -0.3 is 10.6 Å². The summed E-state index contributed by atoms with van der Waals surface area (Å²) in [5.41, 5.74) is 1.74. The van der Waals surface area contributed by atoms with Crippen LogP contribution >= 0.6 is 0 Å². The molecule has 27 heavy (non-hydrogen) atoms. The van der Waals surface area contributed by atoms with Crippen molar-refractivity contribution in [3.8, 4) is 0 Å². The van der Waals surface area contributed by atoms with Crippen LogP contribution in [-0.2, 0) is 16.1 Å². The van der Waals surface area contributed by atoms with Crippen molar-refractivity contribution < 1.29 is 9.59 Å². The number of nitrogens with zero attached hydrogens (tertiary/aromatic N) is 2. The van der Waals surface area contributed by atoms with Crippen LogP contribution in [0.2, 0.25) is 0 Å². The number of amides is 2. The first kappa shape index (κ1) is 18.0. The smallest absolute Gasteiger partial charge is 0.267 e. The third-order valence-corrected chi connectivity index (χ3v) is 6.46. The molecule has 2 aliphatic heterocycles. The average Bonchev–Trinajstić information content (AvgIpc) is 3.23. The minimum absolute atomic E-state index is 0.0372. The van der Waals surface area contributed by atoms with E-state index >= 15 is 0 Å². The first-order valence-electron chi connectivity index (χ1n) is 10.0. The van der Waals surface area contributed by atoms with Crippen LogP contribution in [0.5, 0.6) is 0 Å². The quantitative estimate of drug-likeness (QED) is 0.837. The van der Waals surface area contributed by atoms with Gasteiger partial charge >= 0.3 is 0 Å². The van der Waals surface area contributed by atoms with Crippen LogP contribution < -0.4 is 10.6 Å². The molecule has 1 aromatic rings. The average molecular weight is 368 g/mol. The molecule has 3 aliphatic rings. The Kier molecular flexibility index (Phi) is 4.89. The van der Waals surface area contributed by atoms with Crippen LogP contribution in [0.3, 0.4) is 0 Å². The maximum absolute atomic E-state index is 12.6. The lowest BCUT2D eigenvalue weighted by Crippen LogP contribution is -2.54. The van der Waals surface area contributed by atoms with Crippen LogP contribution in [0.25, 0.3) is 0 Å². The Morgan fingerprint density at radius 2 is 1.93 bits per heavy atom. The Morgan fingerprint density at radius 3 is 2.67 bits per heavy atom. The zero-order chi connectivity index (χ0) is 18.9. The molecule has 6 heteroatoms. The van der Waals surface area contributed by atoms with E-state index in [0.29, 0.717) is 18.7 Å². The summed E-state index contributed by atoms with van der Waals surface area (Å²) in [6, 6.07) is 10.0. The third-order valence-electron chi connectivity index (χ3n) is 6.46. The van der Waals surface area contributed by atoms with Gasteiger partial charge in [0, 0.05) is 25.9 Å². The summed E-state index contributed by atoms with van der Waals surface area (Å²) < 4.78 is 0. The van der Waals surface area contributed by atoms with Gasteiger partial charge in [0.2, 0.25) is 5.91 Å². The maximum atomic E-state index is 12.6. The molecule has 2 amide bonds. The largest absolute Gasteiger partial charge is 0.354 e. The third kappa shape index (κ3) is 3.22. The van der Waals surface area contributed by atoms with Crippen molar-refractivity contribution in [2.45, 2.75) is 63.1 Å². The second kappa shape index (κ2) is 7.33. The molecule has 2 fully saturated rings. The van der Waals surface area contributed by atoms with E-state index in [1.165, 1.54) is 0 Å². The summed E-state index contributed by atoms with van der Waals surface area (Å²) in [5, 5.41) is 12.7. The van der Waals surface area contributed by atoms with Crippen molar-refractivity contribution in [3.63, 3.8) is 0 Å². The zero-order valence-corrected chi connectivity index (χ0v) is 15.9. The number of piperidine rings is 1. The minimum atomic E-state index is -0.0667. The van der Waals surface area contributed by atoms with Crippen LogP contribution in [0, 0.1) is 5.92 Å². The highest BCUT2D eigenvalue weighted by Crippen LogP contribution is 2.52. The van der Waals surface area contributed by atoms with Crippen LogP contribution in [0.1, 0.15) is 50.5 Å². The van der Waals surface area contributed by atoms with Crippen molar-refractivity contribution in [2.24, 2.45) is 11.0 Å². The van der Waals surface area contributed by atoms with Crippen molar-refractivity contribution >= 4 is 17.5 Å². The molecule has 0 radical (unpaired) electrons. The predicted molar refractivity (Wildman–Crippen MR) is 104 cm³/mol. The van der Waals surface area contributed by atoms with E-state index in [1.807, 2.05) is 30.3 Å². The molecule has 2 heterocycles. The number of rotatable bonds is 5. The van der Waals surface area contributed by atoms with Gasteiger partial charge in [0.1, 0.15) is 5.71 Å². The number of hydrazone groups is 1. The number of nitrogens with one attached hydrogen (secondary N) is 2. The fraction of sp³-hybridized carbons (Fsp3) is 0.571. The summed E-state index contributed by atoms with van der Waals surface area (Å²) >= 11 is 0. The zero-order valence-electron chi connectivity index (χ0n) is 15.9. The van der Waals surface area contributed by atoms with Gasteiger partial charge in [-0.05, 0) is 37.7 Å². The second-order valence-electron chi connectivity index (χ2n) is 7.97. The summed E-state index contributed by atoms with van der Waals surface area (Å²) in [5.74, 6) is 0.203. The first-order chi connectivity index (χ1) is 13.1. The van der Waals surface area contributed by atoms with Crippen molar-refractivity contribution in [2.75, 3.05) is 7.05 Å². The maximum Gasteiger partial charge on any atom is 0.267 e.